The number of halogens is 3. The number of morpholine rings is 1. The molecule has 1 fully saturated rings. The molecule has 2 N–H and O–H groups in total. The van der Waals surface area contributed by atoms with Crippen molar-refractivity contribution < 1.29 is 18.7 Å². The van der Waals surface area contributed by atoms with Gasteiger partial charge in [0.15, 0.2) is 0 Å². The van der Waals surface area contributed by atoms with Crippen molar-refractivity contribution in [2.75, 3.05) is 39.4 Å². The minimum atomic E-state index is -0.424. The van der Waals surface area contributed by atoms with Gasteiger partial charge in [-0.2, -0.15) is 0 Å². The average molecular weight is 454 g/mol. The standard InChI is InChI=1S/C21H22Cl2FN3O3/c22-17-6-3-15(11-18(17)23)21(29)26-13-20(28)25-12-19(27-7-9-30-10-8-27)14-1-4-16(24)5-2-14/h1-6,11,19H,7-10,12-13H2,(H,25,28)(H,26,29). The fourth-order valence-electron chi connectivity index (χ4n) is 3.20. The van der Waals surface area contributed by atoms with Crippen molar-refractivity contribution in [3.63, 3.8) is 0 Å². The van der Waals surface area contributed by atoms with Crippen LogP contribution in [-0.2, 0) is 9.53 Å². The van der Waals surface area contributed by atoms with E-state index in [9.17, 15) is 14.0 Å². The molecule has 0 radical (unpaired) electrons. The van der Waals surface area contributed by atoms with E-state index in [1.807, 2.05) is 0 Å². The van der Waals surface area contributed by atoms with E-state index in [1.54, 1.807) is 12.1 Å². The lowest BCUT2D eigenvalue weighted by atomic mass is 10.0. The summed E-state index contributed by atoms with van der Waals surface area (Å²) in [5.74, 6) is -1.07. The van der Waals surface area contributed by atoms with Gasteiger partial charge in [-0.25, -0.2) is 4.39 Å². The molecule has 0 aromatic heterocycles. The van der Waals surface area contributed by atoms with Gasteiger partial charge in [-0.1, -0.05) is 35.3 Å². The van der Waals surface area contributed by atoms with Gasteiger partial charge in [0.1, 0.15) is 5.82 Å². The van der Waals surface area contributed by atoms with E-state index in [4.69, 9.17) is 27.9 Å². The van der Waals surface area contributed by atoms with Crippen LogP contribution in [0.25, 0.3) is 0 Å². The maximum absolute atomic E-state index is 13.3. The Morgan fingerprint density at radius 2 is 1.73 bits per heavy atom. The van der Waals surface area contributed by atoms with Gasteiger partial charge in [-0.3, -0.25) is 14.5 Å². The molecule has 2 aromatic rings. The van der Waals surface area contributed by atoms with Crippen molar-refractivity contribution in [1.29, 1.82) is 0 Å². The molecule has 1 heterocycles. The Hall–Kier alpha value is -2.19. The van der Waals surface area contributed by atoms with E-state index in [1.165, 1.54) is 30.3 Å². The molecule has 0 spiro atoms. The molecule has 1 unspecified atom stereocenters. The number of amides is 2. The molecule has 1 atom stereocenters. The molecule has 1 saturated heterocycles. The van der Waals surface area contributed by atoms with Crippen molar-refractivity contribution in [2.45, 2.75) is 6.04 Å². The number of nitrogens with zero attached hydrogens (tertiary/aromatic N) is 1. The van der Waals surface area contributed by atoms with E-state index in [2.05, 4.69) is 15.5 Å². The minimum Gasteiger partial charge on any atom is -0.379 e. The Labute approximate surface area is 184 Å². The maximum Gasteiger partial charge on any atom is 0.251 e. The quantitative estimate of drug-likeness (QED) is 0.675. The summed E-state index contributed by atoms with van der Waals surface area (Å²) in [5.41, 5.74) is 1.22. The maximum atomic E-state index is 13.3. The van der Waals surface area contributed by atoms with Crippen molar-refractivity contribution in [3.8, 4) is 0 Å². The van der Waals surface area contributed by atoms with Crippen LogP contribution in [-0.4, -0.2) is 56.1 Å². The number of rotatable bonds is 7. The second-order valence-electron chi connectivity index (χ2n) is 6.83. The molecule has 3 rings (SSSR count). The smallest absolute Gasteiger partial charge is 0.251 e. The molecule has 30 heavy (non-hydrogen) atoms. The Bertz CT molecular complexity index is 890. The Morgan fingerprint density at radius 1 is 1.03 bits per heavy atom. The number of carbonyl (C=O) groups excluding carboxylic acids is 2. The first-order valence-electron chi connectivity index (χ1n) is 9.51. The van der Waals surface area contributed by atoms with Gasteiger partial charge < -0.3 is 15.4 Å². The van der Waals surface area contributed by atoms with Crippen LogP contribution in [0.3, 0.4) is 0 Å². The summed E-state index contributed by atoms with van der Waals surface area (Å²) >= 11 is 11.8. The molecule has 0 bridgehead atoms. The molecule has 160 valence electrons. The molecule has 6 nitrogen and oxygen atoms in total. The summed E-state index contributed by atoms with van der Waals surface area (Å²) in [4.78, 5) is 26.7. The fourth-order valence-corrected chi connectivity index (χ4v) is 3.50. The Kier molecular flexibility index (Phi) is 8.04. The lowest BCUT2D eigenvalue weighted by Crippen LogP contribution is -2.45. The summed E-state index contributed by atoms with van der Waals surface area (Å²) in [6, 6.07) is 10.6. The zero-order chi connectivity index (χ0) is 21.5. The van der Waals surface area contributed by atoms with E-state index >= 15 is 0 Å². The zero-order valence-corrected chi connectivity index (χ0v) is 17.7. The number of hydrogen-bond acceptors (Lipinski definition) is 4. The van der Waals surface area contributed by atoms with E-state index in [0.717, 1.165) is 5.56 Å². The molecule has 0 saturated carbocycles. The largest absolute Gasteiger partial charge is 0.379 e. The number of carbonyl (C=O) groups is 2. The topological polar surface area (TPSA) is 70.7 Å². The average Bonchev–Trinajstić information content (AvgIpc) is 2.76. The van der Waals surface area contributed by atoms with Crippen LogP contribution in [0.15, 0.2) is 42.5 Å². The molecule has 2 amide bonds. The lowest BCUT2D eigenvalue weighted by Gasteiger charge is -2.35. The van der Waals surface area contributed by atoms with Crippen LogP contribution in [0.2, 0.25) is 10.0 Å². The van der Waals surface area contributed by atoms with E-state index in [-0.39, 0.29) is 29.3 Å². The molecule has 9 heteroatoms. The van der Waals surface area contributed by atoms with Crippen LogP contribution in [0, 0.1) is 5.82 Å². The predicted octanol–water partition coefficient (Wildman–Crippen LogP) is 3.05. The lowest BCUT2D eigenvalue weighted by molar-refractivity contribution is -0.120. The monoisotopic (exact) mass is 453 g/mol. The minimum absolute atomic E-state index is 0.121. The SMILES string of the molecule is O=C(CNC(=O)c1ccc(Cl)c(Cl)c1)NCC(c1ccc(F)cc1)N1CCOCC1. The second kappa shape index (κ2) is 10.7. The molecule has 2 aromatic carbocycles. The van der Waals surface area contributed by atoms with Gasteiger partial charge in [0.25, 0.3) is 5.91 Å². The van der Waals surface area contributed by atoms with Gasteiger partial charge in [0.2, 0.25) is 5.91 Å². The van der Waals surface area contributed by atoms with E-state index < -0.39 is 5.91 Å². The zero-order valence-electron chi connectivity index (χ0n) is 16.2. The van der Waals surface area contributed by atoms with Gasteiger partial charge in [0.05, 0.1) is 35.8 Å². The summed E-state index contributed by atoms with van der Waals surface area (Å²) in [6.07, 6.45) is 0. The molecule has 0 aliphatic carbocycles. The highest BCUT2D eigenvalue weighted by atomic mass is 35.5. The highest BCUT2D eigenvalue weighted by Gasteiger charge is 2.23. The van der Waals surface area contributed by atoms with Crippen molar-refractivity contribution in [2.24, 2.45) is 0 Å². The fraction of sp³-hybridized carbons (Fsp3) is 0.333. The third-order valence-corrected chi connectivity index (χ3v) is 5.56. The first-order valence-corrected chi connectivity index (χ1v) is 10.3. The highest BCUT2D eigenvalue weighted by molar-refractivity contribution is 6.42. The summed E-state index contributed by atoms with van der Waals surface area (Å²) in [6.45, 7) is 2.78. The molecule has 1 aliphatic heterocycles. The first kappa shape index (κ1) is 22.5. The van der Waals surface area contributed by atoms with Crippen molar-refractivity contribution in [3.05, 3.63) is 69.5 Å². The van der Waals surface area contributed by atoms with Crippen LogP contribution in [0.5, 0.6) is 0 Å². The Balaban J connectivity index is 1.56. The number of ether oxygens (including phenoxy) is 1. The van der Waals surface area contributed by atoms with Crippen LogP contribution < -0.4 is 10.6 Å². The van der Waals surface area contributed by atoms with Crippen molar-refractivity contribution in [1.82, 2.24) is 15.5 Å². The summed E-state index contributed by atoms with van der Waals surface area (Å²) in [7, 11) is 0. The highest BCUT2D eigenvalue weighted by Crippen LogP contribution is 2.23. The van der Waals surface area contributed by atoms with Crippen LogP contribution in [0.4, 0.5) is 4.39 Å². The number of nitrogens with one attached hydrogen (secondary N) is 2. The van der Waals surface area contributed by atoms with Crippen LogP contribution >= 0.6 is 23.2 Å². The molecule has 1 aliphatic rings. The van der Waals surface area contributed by atoms with E-state index in [0.29, 0.717) is 43.4 Å². The number of benzene rings is 2. The third kappa shape index (κ3) is 6.15. The van der Waals surface area contributed by atoms with Gasteiger partial charge >= 0.3 is 0 Å². The molecular weight excluding hydrogens is 432 g/mol. The van der Waals surface area contributed by atoms with Crippen molar-refractivity contribution >= 4 is 35.0 Å². The van der Waals surface area contributed by atoms with Gasteiger partial charge in [-0.05, 0) is 35.9 Å². The second-order valence-corrected chi connectivity index (χ2v) is 7.65. The normalized spacial score (nSPS) is 15.4. The predicted molar refractivity (Wildman–Crippen MR) is 113 cm³/mol. The van der Waals surface area contributed by atoms with Gasteiger partial charge in [0, 0.05) is 25.2 Å². The third-order valence-electron chi connectivity index (χ3n) is 4.83. The Morgan fingerprint density at radius 3 is 2.40 bits per heavy atom. The number of hydrogen-bond donors (Lipinski definition) is 2. The first-order chi connectivity index (χ1) is 14.4. The summed E-state index contributed by atoms with van der Waals surface area (Å²) < 4.78 is 18.7. The van der Waals surface area contributed by atoms with Gasteiger partial charge in [-0.15, -0.1) is 0 Å². The molecular formula is C21H22Cl2FN3O3. The summed E-state index contributed by atoms with van der Waals surface area (Å²) in [5, 5.41) is 6.02. The van der Waals surface area contributed by atoms with Crippen LogP contribution in [0.1, 0.15) is 22.0 Å².